The molecule has 0 aromatic carbocycles. The third-order valence-corrected chi connectivity index (χ3v) is 2.45. The van der Waals surface area contributed by atoms with Gasteiger partial charge in [-0.1, -0.05) is 6.08 Å². The van der Waals surface area contributed by atoms with Crippen LogP contribution in [0.1, 0.15) is 16.2 Å². The van der Waals surface area contributed by atoms with E-state index in [1.54, 1.807) is 42.8 Å². The first-order chi connectivity index (χ1) is 9.29. The highest BCUT2D eigenvalue weighted by Crippen LogP contribution is 2.08. The van der Waals surface area contributed by atoms with Gasteiger partial charge in [-0.2, -0.15) is 0 Å². The van der Waals surface area contributed by atoms with E-state index in [0.717, 1.165) is 5.69 Å². The number of nitrogens with zero attached hydrogens (tertiary/aromatic N) is 1. The van der Waals surface area contributed by atoms with Crippen LogP contribution in [0.25, 0.3) is 0 Å². The Morgan fingerprint density at radius 1 is 1.47 bits per heavy atom. The Hall–Kier alpha value is -2.56. The van der Waals surface area contributed by atoms with E-state index in [-0.39, 0.29) is 5.91 Å². The highest BCUT2D eigenvalue weighted by Gasteiger charge is 2.08. The third-order valence-electron chi connectivity index (χ3n) is 2.45. The van der Waals surface area contributed by atoms with E-state index in [2.05, 4.69) is 22.2 Å². The largest absolute Gasteiger partial charge is 0.467 e. The minimum absolute atomic E-state index is 0.237. The van der Waals surface area contributed by atoms with Gasteiger partial charge in [0.25, 0.3) is 5.91 Å². The summed E-state index contributed by atoms with van der Waals surface area (Å²) in [6.07, 6.45) is 4.91. The molecule has 5 nitrogen and oxygen atoms in total. The van der Waals surface area contributed by atoms with Crippen molar-refractivity contribution in [2.24, 2.45) is 0 Å². The van der Waals surface area contributed by atoms with Gasteiger partial charge >= 0.3 is 0 Å². The van der Waals surface area contributed by atoms with Crippen LogP contribution >= 0.6 is 0 Å². The molecule has 2 aromatic heterocycles. The molecule has 5 heteroatoms. The molecule has 0 saturated heterocycles. The molecule has 0 aliphatic heterocycles. The molecule has 2 aromatic rings. The van der Waals surface area contributed by atoms with Crippen molar-refractivity contribution in [1.29, 1.82) is 0 Å². The molecule has 19 heavy (non-hydrogen) atoms. The highest BCUT2D eigenvalue weighted by molar-refractivity contribution is 5.93. The zero-order valence-electron chi connectivity index (χ0n) is 10.4. The summed E-state index contributed by atoms with van der Waals surface area (Å²) in [5, 5.41) is 5.84. The van der Waals surface area contributed by atoms with Crippen LogP contribution in [0.4, 0.5) is 5.69 Å². The van der Waals surface area contributed by atoms with E-state index < -0.39 is 0 Å². The number of furan rings is 1. The highest BCUT2D eigenvalue weighted by atomic mass is 16.3. The van der Waals surface area contributed by atoms with Gasteiger partial charge in [0.15, 0.2) is 0 Å². The van der Waals surface area contributed by atoms with Gasteiger partial charge in [0.1, 0.15) is 11.5 Å². The number of aromatic nitrogens is 1. The smallest absolute Gasteiger partial charge is 0.270 e. The minimum atomic E-state index is -0.237. The fraction of sp³-hybridized carbons (Fsp3) is 0.143. The monoisotopic (exact) mass is 257 g/mol. The van der Waals surface area contributed by atoms with Crippen LogP contribution in [0.3, 0.4) is 0 Å². The van der Waals surface area contributed by atoms with Gasteiger partial charge in [0.05, 0.1) is 12.8 Å². The summed E-state index contributed by atoms with van der Waals surface area (Å²) in [5.74, 6) is 0.466. The average Bonchev–Trinajstić information content (AvgIpc) is 2.96. The molecule has 0 aliphatic carbocycles. The molecular weight excluding hydrogens is 242 g/mol. The molecular formula is C14H15N3O2. The molecule has 2 rings (SSSR count). The minimum Gasteiger partial charge on any atom is -0.467 e. The summed E-state index contributed by atoms with van der Waals surface area (Å²) in [5.41, 5.74) is 1.19. The molecule has 2 heterocycles. The molecule has 0 fully saturated rings. The predicted molar refractivity (Wildman–Crippen MR) is 72.8 cm³/mol. The maximum Gasteiger partial charge on any atom is 0.270 e. The zero-order chi connectivity index (χ0) is 13.5. The first-order valence-electron chi connectivity index (χ1n) is 5.91. The van der Waals surface area contributed by atoms with Crippen molar-refractivity contribution in [3.8, 4) is 0 Å². The summed E-state index contributed by atoms with van der Waals surface area (Å²) >= 11 is 0. The Kier molecular flexibility index (Phi) is 4.34. The number of nitrogens with one attached hydrogen (secondary N) is 2. The fourth-order valence-electron chi connectivity index (χ4n) is 1.53. The normalized spacial score (nSPS) is 9.89. The van der Waals surface area contributed by atoms with Crippen molar-refractivity contribution in [3.63, 3.8) is 0 Å². The van der Waals surface area contributed by atoms with E-state index in [9.17, 15) is 4.79 Å². The van der Waals surface area contributed by atoms with Gasteiger partial charge in [-0.3, -0.25) is 9.78 Å². The number of carbonyl (C=O) groups is 1. The Balaban J connectivity index is 1.96. The van der Waals surface area contributed by atoms with E-state index in [1.165, 1.54) is 0 Å². The number of hydrogen-bond acceptors (Lipinski definition) is 4. The van der Waals surface area contributed by atoms with Gasteiger partial charge in [0.2, 0.25) is 0 Å². The molecule has 0 radical (unpaired) electrons. The molecule has 0 atom stereocenters. The van der Waals surface area contributed by atoms with E-state index in [4.69, 9.17) is 4.42 Å². The molecule has 2 N–H and O–H groups in total. The van der Waals surface area contributed by atoms with Crippen molar-refractivity contribution in [1.82, 2.24) is 10.3 Å². The van der Waals surface area contributed by atoms with Gasteiger partial charge in [-0.05, 0) is 24.3 Å². The summed E-state index contributed by atoms with van der Waals surface area (Å²) < 4.78 is 5.14. The lowest BCUT2D eigenvalue weighted by atomic mass is 10.3. The van der Waals surface area contributed by atoms with E-state index in [1.807, 2.05) is 0 Å². The number of carbonyl (C=O) groups excluding carboxylic acids is 1. The first kappa shape index (κ1) is 12.9. The number of rotatable bonds is 6. The van der Waals surface area contributed by atoms with Gasteiger partial charge < -0.3 is 15.1 Å². The number of hydrogen-bond donors (Lipinski definition) is 2. The van der Waals surface area contributed by atoms with Crippen molar-refractivity contribution in [2.45, 2.75) is 6.54 Å². The number of pyridine rings is 1. The molecule has 0 aliphatic rings. The second-order valence-electron chi connectivity index (χ2n) is 3.86. The third kappa shape index (κ3) is 3.70. The standard InChI is InChI=1S/C14H15N3O2/c1-2-6-15-11-5-7-16-13(9-11)14(18)17-10-12-4-3-8-19-12/h2-5,7-9H,1,6,10H2,(H,15,16)(H,17,18). The van der Waals surface area contributed by atoms with Crippen LogP contribution in [-0.2, 0) is 6.54 Å². The lowest BCUT2D eigenvalue weighted by Gasteiger charge is -2.06. The summed E-state index contributed by atoms with van der Waals surface area (Å²) in [7, 11) is 0. The Morgan fingerprint density at radius 2 is 2.37 bits per heavy atom. The molecule has 1 amide bonds. The fourth-order valence-corrected chi connectivity index (χ4v) is 1.53. The Bertz CT molecular complexity index is 550. The second-order valence-corrected chi connectivity index (χ2v) is 3.86. The van der Waals surface area contributed by atoms with E-state index in [0.29, 0.717) is 24.5 Å². The summed E-state index contributed by atoms with van der Waals surface area (Å²) in [4.78, 5) is 15.9. The topological polar surface area (TPSA) is 67.2 Å². The SMILES string of the molecule is C=CCNc1ccnc(C(=O)NCc2ccco2)c1. The van der Waals surface area contributed by atoms with E-state index >= 15 is 0 Å². The van der Waals surface area contributed by atoms with Crippen LogP contribution in [0, 0.1) is 0 Å². The quantitative estimate of drug-likeness (QED) is 0.778. The maximum atomic E-state index is 11.9. The van der Waals surface area contributed by atoms with Gasteiger partial charge in [-0.15, -0.1) is 6.58 Å². The second kappa shape index (κ2) is 6.39. The molecule has 0 bridgehead atoms. The molecule has 0 unspecified atom stereocenters. The predicted octanol–water partition coefficient (Wildman–Crippen LogP) is 2.20. The van der Waals surface area contributed by atoms with Crippen molar-refractivity contribution >= 4 is 11.6 Å². The molecule has 98 valence electrons. The summed E-state index contributed by atoms with van der Waals surface area (Å²) in [6, 6.07) is 7.07. The summed E-state index contributed by atoms with van der Waals surface area (Å²) in [6.45, 7) is 4.60. The molecule has 0 spiro atoms. The van der Waals surface area contributed by atoms with Crippen LogP contribution in [0.5, 0.6) is 0 Å². The molecule has 0 saturated carbocycles. The Labute approximate surface area is 111 Å². The van der Waals surface area contributed by atoms with Crippen LogP contribution in [0.15, 0.2) is 53.8 Å². The van der Waals surface area contributed by atoms with Crippen LogP contribution in [-0.4, -0.2) is 17.4 Å². The van der Waals surface area contributed by atoms with Gasteiger partial charge in [0, 0.05) is 18.4 Å². The average molecular weight is 257 g/mol. The number of anilines is 1. The Morgan fingerprint density at radius 3 is 3.11 bits per heavy atom. The van der Waals surface area contributed by atoms with Crippen molar-refractivity contribution < 1.29 is 9.21 Å². The first-order valence-corrected chi connectivity index (χ1v) is 5.91. The van der Waals surface area contributed by atoms with Crippen LogP contribution in [0.2, 0.25) is 0 Å². The van der Waals surface area contributed by atoms with Crippen molar-refractivity contribution in [3.05, 3.63) is 60.8 Å². The zero-order valence-corrected chi connectivity index (χ0v) is 10.4. The van der Waals surface area contributed by atoms with Crippen LogP contribution < -0.4 is 10.6 Å². The lowest BCUT2D eigenvalue weighted by molar-refractivity contribution is 0.0943. The van der Waals surface area contributed by atoms with Gasteiger partial charge in [-0.25, -0.2) is 0 Å². The maximum absolute atomic E-state index is 11.9. The lowest BCUT2D eigenvalue weighted by Crippen LogP contribution is -2.23. The van der Waals surface area contributed by atoms with Crippen molar-refractivity contribution in [2.75, 3.05) is 11.9 Å². The number of amides is 1.